The fourth-order valence-corrected chi connectivity index (χ4v) is 2.15. The van der Waals surface area contributed by atoms with Gasteiger partial charge in [0, 0.05) is 17.7 Å². The van der Waals surface area contributed by atoms with Crippen LogP contribution in [0.5, 0.6) is 11.5 Å². The van der Waals surface area contributed by atoms with E-state index in [2.05, 4.69) is 0 Å². The van der Waals surface area contributed by atoms with Gasteiger partial charge >= 0.3 is 5.69 Å². The summed E-state index contributed by atoms with van der Waals surface area (Å²) in [5.41, 5.74) is 0.553. The van der Waals surface area contributed by atoms with Crippen LogP contribution in [0.15, 0.2) is 36.4 Å². The first-order valence-corrected chi connectivity index (χ1v) is 6.78. The van der Waals surface area contributed by atoms with Gasteiger partial charge in [-0.2, -0.15) is 5.26 Å². The number of halogens is 1. The molecule has 0 aliphatic carbocycles. The number of nitriles is 1. The highest BCUT2D eigenvalue weighted by Crippen LogP contribution is 2.36. The molecule has 0 N–H and O–H groups in total. The van der Waals surface area contributed by atoms with Crippen LogP contribution >= 0.6 is 0 Å². The maximum atomic E-state index is 13.3. The molecule has 2 rings (SSSR count). The van der Waals surface area contributed by atoms with Crippen LogP contribution in [-0.2, 0) is 0 Å². The Morgan fingerprint density at radius 2 is 1.96 bits per heavy atom. The molecule has 2 aromatic rings. The first-order valence-electron chi connectivity index (χ1n) is 6.78. The number of allylic oxidation sites excluding steroid dienone is 1. The zero-order valence-corrected chi connectivity index (χ0v) is 12.9. The maximum absolute atomic E-state index is 13.3. The van der Waals surface area contributed by atoms with Crippen molar-refractivity contribution in [3.63, 3.8) is 0 Å². The molecule has 0 spiro atoms. The molecule has 0 aromatic heterocycles. The van der Waals surface area contributed by atoms with Gasteiger partial charge in [-0.25, -0.2) is 4.39 Å². The molecule has 0 amide bonds. The third kappa shape index (κ3) is 3.50. The van der Waals surface area contributed by atoms with Crippen molar-refractivity contribution in [3.8, 4) is 17.6 Å². The third-order valence-electron chi connectivity index (χ3n) is 3.28. The van der Waals surface area contributed by atoms with E-state index < -0.39 is 10.7 Å². The van der Waals surface area contributed by atoms with Gasteiger partial charge in [0.15, 0.2) is 0 Å². The molecule has 24 heavy (non-hydrogen) atoms. The number of nitrogens with zero attached hydrogens (tertiary/aromatic N) is 2. The van der Waals surface area contributed by atoms with Crippen LogP contribution in [0.3, 0.4) is 0 Å². The van der Waals surface area contributed by atoms with E-state index in [-0.39, 0.29) is 17.0 Å². The summed E-state index contributed by atoms with van der Waals surface area (Å²) in [6, 6.07) is 10.1. The smallest absolute Gasteiger partial charge is 0.311 e. The number of hydrogen-bond acceptors (Lipinski definition) is 5. The molecule has 0 radical (unpaired) electrons. The van der Waals surface area contributed by atoms with E-state index in [1.807, 2.05) is 6.07 Å². The van der Waals surface area contributed by atoms with Crippen LogP contribution in [0.25, 0.3) is 11.6 Å². The molecule has 122 valence electrons. The lowest BCUT2D eigenvalue weighted by molar-refractivity contribution is -0.385. The molecule has 0 aliphatic rings. The summed E-state index contributed by atoms with van der Waals surface area (Å²) in [5, 5.41) is 20.5. The number of nitro groups is 1. The van der Waals surface area contributed by atoms with Gasteiger partial charge in [0.25, 0.3) is 0 Å². The van der Waals surface area contributed by atoms with Gasteiger partial charge in [-0.3, -0.25) is 10.1 Å². The standard InChI is InChI=1S/C17H13FN2O4/c1-23-16-9-17(24-2)15(20(21)22)8-12(16)6-13(10-19)11-4-3-5-14(18)7-11/h3-9H,1-2H3. The Morgan fingerprint density at radius 3 is 2.50 bits per heavy atom. The average Bonchev–Trinajstić information content (AvgIpc) is 2.58. The fraction of sp³-hybridized carbons (Fsp3) is 0.118. The van der Waals surface area contributed by atoms with Crippen LogP contribution in [0.1, 0.15) is 11.1 Å². The van der Waals surface area contributed by atoms with Crippen LogP contribution in [0.4, 0.5) is 10.1 Å². The van der Waals surface area contributed by atoms with Gasteiger partial charge in [-0.05, 0) is 23.8 Å². The summed E-state index contributed by atoms with van der Waals surface area (Å²) < 4.78 is 23.5. The second-order valence-corrected chi connectivity index (χ2v) is 4.70. The molecule has 0 atom stereocenters. The predicted molar refractivity (Wildman–Crippen MR) is 86.1 cm³/mol. The number of ether oxygens (including phenoxy) is 2. The Morgan fingerprint density at radius 1 is 1.25 bits per heavy atom. The SMILES string of the molecule is COc1cc(OC)c([N+](=O)[O-])cc1C=C(C#N)c1cccc(F)c1. The maximum Gasteiger partial charge on any atom is 0.311 e. The molecular weight excluding hydrogens is 315 g/mol. The second kappa shape index (κ2) is 7.24. The van der Waals surface area contributed by atoms with Crippen molar-refractivity contribution >= 4 is 17.3 Å². The van der Waals surface area contributed by atoms with Crippen LogP contribution in [-0.4, -0.2) is 19.1 Å². The van der Waals surface area contributed by atoms with E-state index in [1.54, 1.807) is 6.07 Å². The number of nitro benzene ring substituents is 1. The molecule has 0 aliphatic heterocycles. The van der Waals surface area contributed by atoms with Crippen LogP contribution in [0, 0.1) is 27.3 Å². The summed E-state index contributed by atoms with van der Waals surface area (Å²) in [5.74, 6) is -0.152. The van der Waals surface area contributed by atoms with E-state index in [1.165, 1.54) is 50.6 Å². The Kier molecular flexibility index (Phi) is 5.12. The highest BCUT2D eigenvalue weighted by Gasteiger charge is 2.19. The zero-order valence-electron chi connectivity index (χ0n) is 12.9. The molecule has 0 saturated carbocycles. The largest absolute Gasteiger partial charge is 0.496 e. The zero-order chi connectivity index (χ0) is 17.7. The van der Waals surface area contributed by atoms with E-state index >= 15 is 0 Å². The van der Waals surface area contributed by atoms with Gasteiger partial charge in [0.05, 0.1) is 30.8 Å². The van der Waals surface area contributed by atoms with Crippen molar-refractivity contribution in [1.29, 1.82) is 5.26 Å². The minimum Gasteiger partial charge on any atom is -0.496 e. The minimum absolute atomic E-state index is 0.0401. The molecule has 0 unspecified atom stereocenters. The minimum atomic E-state index is -0.593. The number of benzene rings is 2. The lowest BCUT2D eigenvalue weighted by Gasteiger charge is -2.09. The predicted octanol–water partition coefficient (Wildman–Crippen LogP) is 3.82. The van der Waals surface area contributed by atoms with Crippen molar-refractivity contribution < 1.29 is 18.8 Å². The van der Waals surface area contributed by atoms with Crippen molar-refractivity contribution in [2.45, 2.75) is 0 Å². The summed E-state index contributed by atoms with van der Waals surface area (Å²) >= 11 is 0. The average molecular weight is 328 g/mol. The van der Waals surface area contributed by atoms with Crippen molar-refractivity contribution in [2.24, 2.45) is 0 Å². The Bertz CT molecular complexity index is 856. The fourth-order valence-electron chi connectivity index (χ4n) is 2.15. The summed E-state index contributed by atoms with van der Waals surface area (Å²) in [6.07, 6.45) is 1.40. The Labute approximate surface area is 137 Å². The van der Waals surface area contributed by atoms with Gasteiger partial charge in [-0.1, -0.05) is 12.1 Å². The van der Waals surface area contributed by atoms with Crippen molar-refractivity contribution in [1.82, 2.24) is 0 Å². The number of rotatable bonds is 5. The second-order valence-electron chi connectivity index (χ2n) is 4.70. The normalized spacial score (nSPS) is 10.8. The van der Waals surface area contributed by atoms with Crippen LogP contribution < -0.4 is 9.47 Å². The summed E-state index contributed by atoms with van der Waals surface area (Å²) in [4.78, 5) is 10.6. The lowest BCUT2D eigenvalue weighted by Crippen LogP contribution is -1.97. The Hall–Kier alpha value is -3.40. The van der Waals surface area contributed by atoms with E-state index in [9.17, 15) is 19.8 Å². The molecule has 0 saturated heterocycles. The molecule has 7 heteroatoms. The van der Waals surface area contributed by atoms with Crippen LogP contribution in [0.2, 0.25) is 0 Å². The molecule has 0 fully saturated rings. The molecule has 6 nitrogen and oxygen atoms in total. The highest BCUT2D eigenvalue weighted by molar-refractivity contribution is 5.91. The number of methoxy groups -OCH3 is 2. The molecule has 2 aromatic carbocycles. The Balaban J connectivity index is 2.63. The van der Waals surface area contributed by atoms with Crippen molar-refractivity contribution in [2.75, 3.05) is 14.2 Å². The van der Waals surface area contributed by atoms with Crippen molar-refractivity contribution in [3.05, 3.63) is 63.5 Å². The molecule has 0 heterocycles. The lowest BCUT2D eigenvalue weighted by atomic mass is 10.0. The number of hydrogen-bond donors (Lipinski definition) is 0. The highest BCUT2D eigenvalue weighted by atomic mass is 19.1. The van der Waals surface area contributed by atoms with E-state index in [0.29, 0.717) is 16.9 Å². The van der Waals surface area contributed by atoms with Gasteiger partial charge in [0.1, 0.15) is 11.6 Å². The van der Waals surface area contributed by atoms with Gasteiger partial charge in [0.2, 0.25) is 5.75 Å². The van der Waals surface area contributed by atoms with Gasteiger partial charge in [-0.15, -0.1) is 0 Å². The summed E-state index contributed by atoms with van der Waals surface area (Å²) in [7, 11) is 2.71. The monoisotopic (exact) mass is 328 g/mol. The molecular formula is C17H13FN2O4. The third-order valence-corrected chi connectivity index (χ3v) is 3.28. The van der Waals surface area contributed by atoms with Gasteiger partial charge < -0.3 is 9.47 Å². The topological polar surface area (TPSA) is 85.4 Å². The molecule has 0 bridgehead atoms. The summed E-state index contributed by atoms with van der Waals surface area (Å²) in [6.45, 7) is 0. The first-order chi connectivity index (χ1) is 11.5. The quantitative estimate of drug-likeness (QED) is 0.360. The van der Waals surface area contributed by atoms with E-state index in [4.69, 9.17) is 9.47 Å². The first kappa shape index (κ1) is 17.0. The van der Waals surface area contributed by atoms with E-state index in [0.717, 1.165) is 0 Å².